The minimum Gasteiger partial charge on any atom is -0.497 e. The van der Waals surface area contributed by atoms with Crippen molar-refractivity contribution < 1.29 is 22.5 Å². The van der Waals surface area contributed by atoms with Gasteiger partial charge in [-0.25, -0.2) is 17.5 Å². The third kappa shape index (κ3) is 4.75. The first-order valence-corrected chi connectivity index (χ1v) is 11.7. The molecule has 0 saturated carbocycles. The van der Waals surface area contributed by atoms with Gasteiger partial charge in [0.25, 0.3) is 5.69 Å². The molecule has 0 aliphatic carbocycles. The smallest absolute Gasteiger partial charge is 0.269 e. The summed E-state index contributed by atoms with van der Waals surface area (Å²) in [5.74, 6) is 0.231. The molecule has 0 radical (unpaired) electrons. The highest BCUT2D eigenvalue weighted by Gasteiger charge is 2.28. The molecule has 0 spiro atoms. The van der Waals surface area contributed by atoms with Crippen molar-refractivity contribution in [3.63, 3.8) is 0 Å². The third-order valence-corrected chi connectivity index (χ3v) is 6.97. The van der Waals surface area contributed by atoms with Gasteiger partial charge in [-0.3, -0.25) is 14.8 Å². The van der Waals surface area contributed by atoms with E-state index in [0.717, 1.165) is 17.7 Å². The van der Waals surface area contributed by atoms with E-state index >= 15 is 0 Å². The number of nitrogens with zero attached hydrogens (tertiary/aromatic N) is 3. The van der Waals surface area contributed by atoms with Crippen LogP contribution in [-0.4, -0.2) is 36.3 Å². The molecule has 1 aromatic heterocycles. The normalized spacial score (nSPS) is 13.5. The van der Waals surface area contributed by atoms with E-state index in [9.17, 15) is 22.9 Å². The van der Waals surface area contributed by atoms with Crippen molar-refractivity contribution >= 4 is 26.6 Å². The quantitative estimate of drug-likeness (QED) is 0.298. The topological polar surface area (TPSA) is 116 Å². The molecule has 9 nitrogen and oxygen atoms in total. The lowest BCUT2D eigenvalue weighted by Crippen LogP contribution is -2.39. The zero-order chi connectivity index (χ0) is 24.5. The van der Waals surface area contributed by atoms with Crippen LogP contribution in [0.4, 0.5) is 10.1 Å². The van der Waals surface area contributed by atoms with Crippen molar-refractivity contribution in [1.82, 2.24) is 14.5 Å². The predicted octanol–water partition coefficient (Wildman–Crippen LogP) is 4.05. The number of sulfonamides is 1. The molecular weight excluding hydrogens is 463 g/mol. The van der Waals surface area contributed by atoms with Gasteiger partial charge < -0.3 is 4.74 Å². The molecule has 176 valence electrons. The zero-order valence-electron chi connectivity index (χ0n) is 18.3. The van der Waals surface area contributed by atoms with Crippen LogP contribution >= 0.6 is 0 Å². The van der Waals surface area contributed by atoms with Gasteiger partial charge in [0.05, 0.1) is 28.5 Å². The Bertz CT molecular complexity index is 1440. The Morgan fingerprint density at radius 2 is 1.76 bits per heavy atom. The molecule has 11 heteroatoms. The molecule has 4 rings (SSSR count). The van der Waals surface area contributed by atoms with Crippen LogP contribution in [0, 0.1) is 15.9 Å². The van der Waals surface area contributed by atoms with Crippen LogP contribution in [0.2, 0.25) is 0 Å². The third-order valence-electron chi connectivity index (χ3n) is 5.40. The highest BCUT2D eigenvalue weighted by Crippen LogP contribution is 2.28. The van der Waals surface area contributed by atoms with Crippen LogP contribution in [0.5, 0.6) is 5.75 Å². The summed E-state index contributed by atoms with van der Waals surface area (Å²) in [5.41, 5.74) is 1.09. The lowest BCUT2D eigenvalue weighted by atomic mass is 10.0. The number of benzene rings is 3. The number of methoxy groups -OCH3 is 1. The summed E-state index contributed by atoms with van der Waals surface area (Å²) < 4.78 is 49.2. The molecule has 0 aliphatic heterocycles. The van der Waals surface area contributed by atoms with Crippen LogP contribution < -0.4 is 9.46 Å². The van der Waals surface area contributed by atoms with Gasteiger partial charge in [0, 0.05) is 29.8 Å². The number of rotatable bonds is 8. The van der Waals surface area contributed by atoms with E-state index in [-0.39, 0.29) is 10.6 Å². The van der Waals surface area contributed by atoms with Gasteiger partial charge in [0.15, 0.2) is 0 Å². The van der Waals surface area contributed by atoms with Gasteiger partial charge >= 0.3 is 0 Å². The molecule has 34 heavy (non-hydrogen) atoms. The van der Waals surface area contributed by atoms with E-state index in [1.54, 1.807) is 55.2 Å². The number of nitrogens with one attached hydrogen (secondary N) is 1. The average molecular weight is 485 g/mol. The second kappa shape index (κ2) is 9.20. The molecule has 3 aromatic carbocycles. The summed E-state index contributed by atoms with van der Waals surface area (Å²) >= 11 is 0. The first-order chi connectivity index (χ1) is 16.2. The van der Waals surface area contributed by atoms with Crippen molar-refractivity contribution in [2.75, 3.05) is 7.11 Å². The van der Waals surface area contributed by atoms with Crippen LogP contribution in [0.15, 0.2) is 77.8 Å². The second-order valence-electron chi connectivity index (χ2n) is 7.69. The predicted molar refractivity (Wildman–Crippen MR) is 124 cm³/mol. The molecular formula is C23H21FN4O5S. The summed E-state index contributed by atoms with van der Waals surface area (Å²) in [4.78, 5) is 10.2. The van der Waals surface area contributed by atoms with Gasteiger partial charge in [-0.1, -0.05) is 12.1 Å². The molecule has 0 unspecified atom stereocenters. The maximum atomic E-state index is 13.7. The van der Waals surface area contributed by atoms with Gasteiger partial charge in [-0.2, -0.15) is 5.10 Å². The Hall–Kier alpha value is -3.83. The molecule has 1 N–H and O–H groups in total. The molecule has 2 atom stereocenters. The monoisotopic (exact) mass is 484 g/mol. The maximum absolute atomic E-state index is 13.7. The Kier molecular flexibility index (Phi) is 6.31. The average Bonchev–Trinajstić information content (AvgIpc) is 3.21. The molecule has 0 fully saturated rings. The summed E-state index contributed by atoms with van der Waals surface area (Å²) in [6.07, 6.45) is 1.66. The highest BCUT2D eigenvalue weighted by molar-refractivity contribution is 7.89. The molecule has 4 aromatic rings. The molecule has 0 aliphatic rings. The molecule has 1 heterocycles. The summed E-state index contributed by atoms with van der Waals surface area (Å²) in [6, 6.07) is 14.7. The van der Waals surface area contributed by atoms with Gasteiger partial charge in [0.2, 0.25) is 10.0 Å². The molecule has 0 saturated heterocycles. The number of hydrogen-bond donors (Lipinski definition) is 1. The fraction of sp³-hybridized carbons (Fsp3) is 0.174. The Morgan fingerprint density at radius 3 is 2.38 bits per heavy atom. The summed E-state index contributed by atoms with van der Waals surface area (Å²) in [5, 5.41) is 16.0. The highest BCUT2D eigenvalue weighted by atomic mass is 32.2. The number of fused-ring (bicyclic) bond motifs is 1. The minimum absolute atomic E-state index is 0.105. The number of ether oxygens (including phenoxy) is 1. The van der Waals surface area contributed by atoms with Crippen LogP contribution in [0.3, 0.4) is 0 Å². The number of nitro benzene ring substituents is 1. The van der Waals surface area contributed by atoms with Crippen molar-refractivity contribution in [3.8, 4) is 5.75 Å². The standard InChI is InChI=1S/C23H21FN4O5S/c1-15(26-34(31,32)21-10-6-19(7-11-21)28(29)30)23(16-3-8-20(33-2)9-4-16)27-14-17-13-18(24)5-12-22(17)25-27/h3-15,23,26H,1-2H3/t15-,23-/m0/s1. The Morgan fingerprint density at radius 1 is 1.09 bits per heavy atom. The zero-order valence-corrected chi connectivity index (χ0v) is 19.1. The lowest BCUT2D eigenvalue weighted by molar-refractivity contribution is -0.384. The van der Waals surface area contributed by atoms with Gasteiger partial charge in [-0.05, 0) is 55.0 Å². The SMILES string of the molecule is COc1ccc([C@H]([C@H](C)NS(=O)(=O)c2ccc([N+](=O)[O-])cc2)n2cc3cc(F)ccc3n2)cc1. The Balaban J connectivity index is 1.71. The number of hydrogen-bond acceptors (Lipinski definition) is 6. The van der Waals surface area contributed by atoms with Crippen molar-refractivity contribution in [1.29, 1.82) is 0 Å². The van der Waals surface area contributed by atoms with Crippen molar-refractivity contribution in [3.05, 3.63) is 94.4 Å². The van der Waals surface area contributed by atoms with E-state index in [0.29, 0.717) is 16.7 Å². The van der Waals surface area contributed by atoms with Crippen molar-refractivity contribution in [2.24, 2.45) is 0 Å². The van der Waals surface area contributed by atoms with E-state index in [4.69, 9.17) is 4.74 Å². The van der Waals surface area contributed by atoms with E-state index < -0.39 is 32.8 Å². The summed E-state index contributed by atoms with van der Waals surface area (Å²) in [6.45, 7) is 1.69. The Labute approximate surface area is 195 Å². The fourth-order valence-corrected chi connectivity index (χ4v) is 5.00. The van der Waals surface area contributed by atoms with Crippen LogP contribution in [0.25, 0.3) is 10.9 Å². The first kappa shape index (κ1) is 23.3. The van der Waals surface area contributed by atoms with Crippen LogP contribution in [-0.2, 0) is 10.0 Å². The maximum Gasteiger partial charge on any atom is 0.269 e. The fourth-order valence-electron chi connectivity index (χ4n) is 3.75. The largest absolute Gasteiger partial charge is 0.497 e. The van der Waals surface area contributed by atoms with Crippen LogP contribution in [0.1, 0.15) is 18.5 Å². The number of non-ortho nitro benzene ring substituents is 1. The molecule has 0 bridgehead atoms. The van der Waals surface area contributed by atoms with Gasteiger partial charge in [0.1, 0.15) is 11.6 Å². The first-order valence-electron chi connectivity index (χ1n) is 10.2. The number of halogens is 1. The summed E-state index contributed by atoms with van der Waals surface area (Å²) in [7, 11) is -2.47. The lowest BCUT2D eigenvalue weighted by Gasteiger charge is -2.26. The second-order valence-corrected chi connectivity index (χ2v) is 9.41. The number of nitro groups is 1. The minimum atomic E-state index is -4.01. The van der Waals surface area contributed by atoms with Crippen molar-refractivity contribution in [2.45, 2.75) is 23.9 Å². The van der Waals surface area contributed by atoms with E-state index in [1.165, 1.54) is 24.3 Å². The molecule has 0 amide bonds. The van der Waals surface area contributed by atoms with E-state index in [1.807, 2.05) is 0 Å². The number of aromatic nitrogens is 2. The van der Waals surface area contributed by atoms with Gasteiger partial charge in [-0.15, -0.1) is 0 Å². The van der Waals surface area contributed by atoms with E-state index in [2.05, 4.69) is 9.82 Å².